The lowest BCUT2D eigenvalue weighted by molar-refractivity contribution is 0.0696. The molecule has 5 nitrogen and oxygen atoms in total. The van der Waals surface area contributed by atoms with Gasteiger partial charge in [-0.3, -0.25) is 4.90 Å². The molecule has 5 rings (SSSR count). The highest BCUT2D eigenvalue weighted by Crippen LogP contribution is 2.46. The van der Waals surface area contributed by atoms with Crippen molar-refractivity contribution < 1.29 is 14.5 Å². The molecule has 0 aliphatic carbocycles. The van der Waals surface area contributed by atoms with Gasteiger partial charge in [-0.2, -0.15) is 0 Å². The van der Waals surface area contributed by atoms with E-state index in [0.717, 1.165) is 41.8 Å². The van der Waals surface area contributed by atoms with E-state index >= 15 is 0 Å². The number of fused-ring (bicyclic) bond motifs is 3. The fourth-order valence-electron chi connectivity index (χ4n) is 5.27. The van der Waals surface area contributed by atoms with Crippen molar-refractivity contribution in [3.8, 4) is 0 Å². The molecule has 2 unspecified atom stereocenters. The molecular formula is C24H26N2O3S. The third kappa shape index (κ3) is 3.23. The van der Waals surface area contributed by atoms with Crippen LogP contribution in [0, 0.1) is 6.92 Å². The molecule has 0 saturated carbocycles. The molecule has 0 bridgehead atoms. The number of benzene rings is 2. The average Bonchev–Trinajstić information content (AvgIpc) is 3.26. The number of nitrogens with one attached hydrogen (secondary N) is 1. The molecule has 1 fully saturated rings. The van der Waals surface area contributed by atoms with E-state index in [2.05, 4.69) is 28.9 Å². The number of H-pyrrole nitrogens is 1. The molecule has 2 aliphatic rings. The van der Waals surface area contributed by atoms with Crippen LogP contribution in [0.1, 0.15) is 64.8 Å². The van der Waals surface area contributed by atoms with Crippen LogP contribution >= 0.6 is 0 Å². The van der Waals surface area contributed by atoms with Crippen LogP contribution in [0.25, 0.3) is 10.9 Å². The van der Waals surface area contributed by atoms with Crippen molar-refractivity contribution in [3.05, 3.63) is 64.8 Å². The Labute approximate surface area is 179 Å². The Morgan fingerprint density at radius 3 is 2.73 bits per heavy atom. The van der Waals surface area contributed by atoms with E-state index in [4.69, 9.17) is 0 Å². The van der Waals surface area contributed by atoms with Gasteiger partial charge >= 0.3 is 5.97 Å². The van der Waals surface area contributed by atoms with Gasteiger partial charge in [0.1, 0.15) is 5.75 Å². The van der Waals surface area contributed by atoms with Crippen molar-refractivity contribution >= 4 is 28.0 Å². The first-order valence-corrected chi connectivity index (χ1v) is 11.9. The van der Waals surface area contributed by atoms with Crippen LogP contribution in [-0.4, -0.2) is 37.8 Å². The number of aryl methyl sites for hydroxylation is 1. The quantitative estimate of drug-likeness (QED) is 0.585. The first kappa shape index (κ1) is 19.7. The largest absolute Gasteiger partial charge is 0.611 e. The summed E-state index contributed by atoms with van der Waals surface area (Å²) in [4.78, 5) is 18.2. The molecule has 0 spiro atoms. The number of likely N-dealkylation sites (tertiary alicyclic amines) is 1. The van der Waals surface area contributed by atoms with Crippen LogP contribution < -0.4 is 0 Å². The van der Waals surface area contributed by atoms with Gasteiger partial charge in [-0.1, -0.05) is 18.6 Å². The number of carbonyl (C=O) groups is 1. The number of hydrogen-bond acceptors (Lipinski definition) is 3. The zero-order valence-electron chi connectivity index (χ0n) is 17.1. The smallest absolute Gasteiger partial charge is 0.335 e. The Bertz CT molecular complexity index is 1090. The molecule has 30 heavy (non-hydrogen) atoms. The molecule has 1 aromatic heterocycles. The monoisotopic (exact) mass is 422 g/mol. The number of rotatable bonds is 3. The van der Waals surface area contributed by atoms with E-state index in [0.29, 0.717) is 11.3 Å². The Morgan fingerprint density at radius 1 is 1.17 bits per heavy atom. The van der Waals surface area contributed by atoms with E-state index in [9.17, 15) is 14.5 Å². The van der Waals surface area contributed by atoms with Crippen LogP contribution in [0.5, 0.6) is 0 Å². The Balaban J connectivity index is 1.58. The lowest BCUT2D eigenvalue weighted by atomic mass is 9.89. The number of carboxylic acids is 1. The predicted molar refractivity (Wildman–Crippen MR) is 118 cm³/mol. The summed E-state index contributed by atoms with van der Waals surface area (Å²) in [5, 5.41) is 10.4. The Hall–Kier alpha value is -2.28. The molecule has 0 radical (unpaired) electrons. The second kappa shape index (κ2) is 7.76. The molecule has 2 aliphatic heterocycles. The zero-order chi connectivity index (χ0) is 20.8. The summed E-state index contributed by atoms with van der Waals surface area (Å²) in [5.74, 6) is -0.204. The summed E-state index contributed by atoms with van der Waals surface area (Å²) in [6.45, 7) is 3.08. The lowest BCUT2D eigenvalue weighted by Crippen LogP contribution is -2.40. The predicted octanol–water partition coefficient (Wildman–Crippen LogP) is 4.95. The van der Waals surface area contributed by atoms with E-state index in [1.165, 1.54) is 22.9 Å². The maximum Gasteiger partial charge on any atom is 0.335 e. The van der Waals surface area contributed by atoms with Crippen molar-refractivity contribution in [3.63, 3.8) is 0 Å². The molecule has 1 saturated heterocycles. The fraction of sp³-hybridized carbons (Fsp3) is 0.375. The summed E-state index contributed by atoms with van der Waals surface area (Å²) in [6, 6.07) is 12.1. The Morgan fingerprint density at radius 2 is 1.97 bits per heavy atom. The fourth-order valence-corrected chi connectivity index (χ4v) is 6.73. The van der Waals surface area contributed by atoms with E-state index < -0.39 is 17.1 Å². The molecule has 2 aromatic carbocycles. The Kier molecular flexibility index (Phi) is 5.09. The van der Waals surface area contributed by atoms with E-state index in [1.54, 1.807) is 12.1 Å². The van der Waals surface area contributed by atoms with Crippen LogP contribution in [0.2, 0.25) is 0 Å². The van der Waals surface area contributed by atoms with Crippen LogP contribution in [0.3, 0.4) is 0 Å². The number of piperidine rings is 1. The number of aromatic nitrogens is 1. The number of nitrogens with zero attached hydrogens (tertiary/aromatic N) is 1. The zero-order valence-corrected chi connectivity index (χ0v) is 17.9. The number of aromatic carboxylic acids is 1. The van der Waals surface area contributed by atoms with Crippen LogP contribution in [0.4, 0.5) is 0 Å². The van der Waals surface area contributed by atoms with Gasteiger partial charge in [-0.05, 0) is 72.9 Å². The minimum absolute atomic E-state index is 0.223. The average molecular weight is 423 g/mol. The third-order valence-electron chi connectivity index (χ3n) is 6.69. The maximum atomic E-state index is 12.9. The van der Waals surface area contributed by atoms with Crippen molar-refractivity contribution in [1.82, 2.24) is 9.88 Å². The van der Waals surface area contributed by atoms with E-state index in [1.807, 2.05) is 18.3 Å². The summed E-state index contributed by atoms with van der Waals surface area (Å²) in [7, 11) is 0. The second-order valence-electron chi connectivity index (χ2n) is 8.40. The standard InChI is InChI=1S/C24H26N2O3S/c1-15-14-21-22(18-9-11-25-23(15)18)20(10-13-30(21)29)26-12-3-2-4-19(26)16-5-7-17(8-6-16)24(27)28/h5-9,11,14,19-20,25H,2-4,10,12-13H2,1H3,(H,27,28)/t19-,20?,30?/m0/s1. The summed E-state index contributed by atoms with van der Waals surface area (Å²) in [5.41, 5.74) is 4.99. The SMILES string of the molecule is Cc1cc2c(c3cc[nH]c13)C(N1CCCC[C@H]1c1ccc(C(=O)O)cc1)CC[S+]2[O-]. The van der Waals surface area contributed by atoms with Gasteiger partial charge in [0, 0.05) is 41.2 Å². The van der Waals surface area contributed by atoms with Crippen molar-refractivity contribution in [2.24, 2.45) is 0 Å². The minimum Gasteiger partial charge on any atom is -0.611 e. The maximum absolute atomic E-state index is 12.9. The van der Waals surface area contributed by atoms with E-state index in [-0.39, 0.29) is 12.1 Å². The van der Waals surface area contributed by atoms with Gasteiger partial charge in [0.25, 0.3) is 0 Å². The minimum atomic E-state index is -0.961. The molecular weight excluding hydrogens is 396 g/mol. The van der Waals surface area contributed by atoms with Crippen LogP contribution in [0.15, 0.2) is 47.5 Å². The molecule has 2 N–H and O–H groups in total. The van der Waals surface area contributed by atoms with Gasteiger partial charge in [-0.15, -0.1) is 0 Å². The van der Waals surface area contributed by atoms with Crippen molar-refractivity contribution in [2.45, 2.75) is 49.6 Å². The number of hydrogen-bond donors (Lipinski definition) is 2. The summed E-state index contributed by atoms with van der Waals surface area (Å²) < 4.78 is 12.9. The third-order valence-corrected chi connectivity index (χ3v) is 8.12. The van der Waals surface area contributed by atoms with Gasteiger partial charge < -0.3 is 14.6 Å². The summed E-state index contributed by atoms with van der Waals surface area (Å²) >= 11 is -0.961. The van der Waals surface area contributed by atoms with Crippen molar-refractivity contribution in [1.29, 1.82) is 0 Å². The topological polar surface area (TPSA) is 79.4 Å². The molecule has 0 amide bonds. The highest BCUT2D eigenvalue weighted by Gasteiger charge is 2.39. The first-order valence-electron chi connectivity index (χ1n) is 10.6. The summed E-state index contributed by atoms with van der Waals surface area (Å²) in [6.07, 6.45) is 6.24. The first-order chi connectivity index (χ1) is 14.5. The van der Waals surface area contributed by atoms with Gasteiger partial charge in [0.05, 0.1) is 5.56 Å². The van der Waals surface area contributed by atoms with Gasteiger partial charge in [-0.25, -0.2) is 4.79 Å². The van der Waals surface area contributed by atoms with Crippen molar-refractivity contribution in [2.75, 3.05) is 12.3 Å². The second-order valence-corrected chi connectivity index (χ2v) is 9.94. The normalized spacial score (nSPS) is 24.7. The highest BCUT2D eigenvalue weighted by molar-refractivity contribution is 7.91. The molecule has 156 valence electrons. The molecule has 6 heteroatoms. The highest BCUT2D eigenvalue weighted by atomic mass is 32.2. The lowest BCUT2D eigenvalue weighted by Gasteiger charge is -2.43. The number of aromatic amines is 1. The van der Waals surface area contributed by atoms with Gasteiger partial charge in [0.2, 0.25) is 0 Å². The molecule has 3 atom stereocenters. The molecule has 3 aromatic rings. The molecule has 3 heterocycles. The van der Waals surface area contributed by atoms with Crippen LogP contribution in [-0.2, 0) is 11.2 Å². The number of carboxylic acid groups (broad SMARTS) is 1. The van der Waals surface area contributed by atoms with Gasteiger partial charge in [0.15, 0.2) is 4.90 Å².